The number of carboxylic acid groups (broad SMARTS) is 1. The third-order valence-corrected chi connectivity index (χ3v) is 4.53. The molecular weight excluding hydrogens is 310 g/mol. The topological polar surface area (TPSA) is 69.6 Å². The van der Waals surface area contributed by atoms with E-state index in [0.29, 0.717) is 6.54 Å². The van der Waals surface area contributed by atoms with Crippen LogP contribution >= 0.6 is 15.9 Å². The van der Waals surface area contributed by atoms with E-state index >= 15 is 0 Å². The van der Waals surface area contributed by atoms with Crippen molar-refractivity contribution in [3.05, 3.63) is 28.2 Å². The SMILES string of the molecule is O=C(O)c1ccc(NCC2(CO)CCCC2)c(Br)c1. The van der Waals surface area contributed by atoms with Gasteiger partial charge in [-0.25, -0.2) is 4.79 Å². The fourth-order valence-electron chi connectivity index (χ4n) is 2.59. The molecule has 0 amide bonds. The lowest BCUT2D eigenvalue weighted by atomic mass is 9.87. The number of carbonyl (C=O) groups is 1. The van der Waals surface area contributed by atoms with Crippen LogP contribution in [0.4, 0.5) is 5.69 Å². The first-order chi connectivity index (χ1) is 9.06. The number of benzene rings is 1. The molecule has 0 radical (unpaired) electrons. The van der Waals surface area contributed by atoms with Gasteiger partial charge in [0.05, 0.1) is 12.2 Å². The number of carboxylic acids is 1. The number of anilines is 1. The van der Waals surface area contributed by atoms with Gasteiger partial charge < -0.3 is 15.5 Å². The predicted molar refractivity (Wildman–Crippen MR) is 77.6 cm³/mol. The smallest absolute Gasteiger partial charge is 0.335 e. The Morgan fingerprint density at radius 3 is 2.58 bits per heavy atom. The van der Waals surface area contributed by atoms with Crippen molar-refractivity contribution in [2.45, 2.75) is 25.7 Å². The van der Waals surface area contributed by atoms with Crippen molar-refractivity contribution >= 4 is 27.6 Å². The molecule has 1 saturated carbocycles. The van der Waals surface area contributed by atoms with E-state index in [9.17, 15) is 9.90 Å². The molecule has 1 aliphatic carbocycles. The number of aromatic carboxylic acids is 1. The third kappa shape index (κ3) is 3.28. The van der Waals surface area contributed by atoms with Gasteiger partial charge in [-0.05, 0) is 47.0 Å². The molecule has 0 heterocycles. The summed E-state index contributed by atoms with van der Waals surface area (Å²) in [6, 6.07) is 4.92. The third-order valence-electron chi connectivity index (χ3n) is 3.87. The number of halogens is 1. The Hall–Kier alpha value is -1.07. The van der Waals surface area contributed by atoms with E-state index in [0.717, 1.165) is 23.0 Å². The van der Waals surface area contributed by atoms with Crippen LogP contribution in [0.3, 0.4) is 0 Å². The maximum Gasteiger partial charge on any atom is 0.335 e. The number of rotatable bonds is 5. The summed E-state index contributed by atoms with van der Waals surface area (Å²) in [5.74, 6) is -0.935. The maximum atomic E-state index is 10.9. The van der Waals surface area contributed by atoms with Crippen LogP contribution < -0.4 is 5.32 Å². The fraction of sp³-hybridized carbons (Fsp3) is 0.500. The van der Waals surface area contributed by atoms with Crippen LogP contribution in [0.1, 0.15) is 36.0 Å². The first-order valence-electron chi connectivity index (χ1n) is 6.44. The largest absolute Gasteiger partial charge is 0.478 e. The first kappa shape index (κ1) is 14.3. The van der Waals surface area contributed by atoms with Crippen LogP contribution in [-0.2, 0) is 0 Å². The summed E-state index contributed by atoms with van der Waals surface area (Å²) in [5.41, 5.74) is 1.10. The van der Waals surface area contributed by atoms with E-state index in [-0.39, 0.29) is 17.6 Å². The lowest BCUT2D eigenvalue weighted by Crippen LogP contribution is -2.30. The van der Waals surface area contributed by atoms with Gasteiger partial charge >= 0.3 is 5.97 Å². The minimum Gasteiger partial charge on any atom is -0.478 e. The Labute approximate surface area is 121 Å². The summed E-state index contributed by atoms with van der Waals surface area (Å²) in [6.45, 7) is 0.916. The Balaban J connectivity index is 2.05. The van der Waals surface area contributed by atoms with Gasteiger partial charge in [-0.2, -0.15) is 0 Å². The number of hydrogen-bond donors (Lipinski definition) is 3. The summed E-state index contributed by atoms with van der Waals surface area (Å²) in [4.78, 5) is 10.9. The molecule has 1 aliphatic rings. The fourth-order valence-corrected chi connectivity index (χ4v) is 3.11. The molecule has 1 aromatic rings. The molecule has 2 rings (SSSR count). The monoisotopic (exact) mass is 327 g/mol. The first-order valence-corrected chi connectivity index (χ1v) is 7.23. The Bertz CT molecular complexity index is 470. The molecule has 104 valence electrons. The van der Waals surface area contributed by atoms with Crippen LogP contribution in [0, 0.1) is 5.41 Å². The highest BCUT2D eigenvalue weighted by atomic mass is 79.9. The van der Waals surface area contributed by atoms with Crippen LogP contribution in [0.2, 0.25) is 0 Å². The van der Waals surface area contributed by atoms with E-state index in [1.54, 1.807) is 18.2 Å². The van der Waals surface area contributed by atoms with E-state index in [1.807, 2.05) is 0 Å². The molecule has 0 aliphatic heterocycles. The summed E-state index contributed by atoms with van der Waals surface area (Å²) < 4.78 is 0.735. The van der Waals surface area contributed by atoms with Crippen molar-refractivity contribution in [2.75, 3.05) is 18.5 Å². The molecule has 0 saturated heterocycles. The Morgan fingerprint density at radius 1 is 1.37 bits per heavy atom. The molecule has 0 atom stereocenters. The molecule has 19 heavy (non-hydrogen) atoms. The molecule has 3 N–H and O–H groups in total. The molecular formula is C14H18BrNO3. The molecule has 1 aromatic carbocycles. The minimum atomic E-state index is -0.935. The highest BCUT2D eigenvalue weighted by Gasteiger charge is 2.32. The second-order valence-corrected chi connectivity index (χ2v) is 6.07. The van der Waals surface area contributed by atoms with E-state index in [2.05, 4.69) is 21.2 Å². The van der Waals surface area contributed by atoms with E-state index < -0.39 is 5.97 Å². The minimum absolute atomic E-state index is 0.0229. The average molecular weight is 328 g/mol. The normalized spacial score (nSPS) is 17.4. The van der Waals surface area contributed by atoms with Gasteiger partial charge in [0, 0.05) is 22.1 Å². The number of hydrogen-bond acceptors (Lipinski definition) is 3. The molecule has 0 aromatic heterocycles. The Morgan fingerprint density at radius 2 is 2.05 bits per heavy atom. The second-order valence-electron chi connectivity index (χ2n) is 5.22. The standard InChI is InChI=1S/C14H18BrNO3/c15-11-7-10(13(18)19)3-4-12(11)16-8-14(9-17)5-1-2-6-14/h3-4,7,16-17H,1-2,5-6,8-9H2,(H,18,19). The lowest BCUT2D eigenvalue weighted by molar-refractivity contribution is 0.0697. The van der Waals surface area contributed by atoms with Crippen molar-refractivity contribution in [1.29, 1.82) is 0 Å². The van der Waals surface area contributed by atoms with Gasteiger partial charge in [-0.15, -0.1) is 0 Å². The maximum absolute atomic E-state index is 10.9. The zero-order chi connectivity index (χ0) is 13.9. The lowest BCUT2D eigenvalue weighted by Gasteiger charge is -2.27. The Kier molecular flexibility index (Phi) is 4.47. The number of aliphatic hydroxyl groups is 1. The highest BCUT2D eigenvalue weighted by molar-refractivity contribution is 9.10. The van der Waals surface area contributed by atoms with Gasteiger partial charge in [0.1, 0.15) is 0 Å². The van der Waals surface area contributed by atoms with E-state index in [1.165, 1.54) is 12.8 Å². The van der Waals surface area contributed by atoms with Crippen LogP contribution in [0.5, 0.6) is 0 Å². The second kappa shape index (κ2) is 5.92. The zero-order valence-electron chi connectivity index (χ0n) is 10.7. The predicted octanol–water partition coefficient (Wildman–Crippen LogP) is 3.11. The number of aliphatic hydroxyl groups excluding tert-OH is 1. The molecule has 1 fully saturated rings. The van der Waals surface area contributed by atoms with Crippen molar-refractivity contribution in [1.82, 2.24) is 0 Å². The van der Waals surface area contributed by atoms with Crippen LogP contribution in [0.15, 0.2) is 22.7 Å². The molecule has 4 nitrogen and oxygen atoms in total. The van der Waals surface area contributed by atoms with Crippen LogP contribution in [-0.4, -0.2) is 29.3 Å². The molecule has 5 heteroatoms. The molecule has 0 bridgehead atoms. The highest BCUT2D eigenvalue weighted by Crippen LogP contribution is 2.38. The van der Waals surface area contributed by atoms with Gasteiger partial charge in [0.15, 0.2) is 0 Å². The van der Waals surface area contributed by atoms with Crippen molar-refractivity contribution < 1.29 is 15.0 Å². The summed E-state index contributed by atoms with van der Waals surface area (Å²) >= 11 is 3.38. The van der Waals surface area contributed by atoms with Gasteiger partial charge in [0.2, 0.25) is 0 Å². The zero-order valence-corrected chi connectivity index (χ0v) is 12.2. The van der Waals surface area contributed by atoms with Gasteiger partial charge in [-0.1, -0.05) is 12.8 Å². The van der Waals surface area contributed by atoms with Gasteiger partial charge in [-0.3, -0.25) is 0 Å². The number of nitrogens with one attached hydrogen (secondary N) is 1. The average Bonchev–Trinajstić information content (AvgIpc) is 2.86. The molecule has 0 spiro atoms. The summed E-state index contributed by atoms with van der Waals surface area (Å²) in [6.07, 6.45) is 4.42. The van der Waals surface area contributed by atoms with E-state index in [4.69, 9.17) is 5.11 Å². The summed E-state index contributed by atoms with van der Waals surface area (Å²) in [7, 11) is 0. The quantitative estimate of drug-likeness (QED) is 0.777. The molecule has 0 unspecified atom stereocenters. The van der Waals surface area contributed by atoms with Gasteiger partial charge in [0.25, 0.3) is 0 Å². The van der Waals surface area contributed by atoms with Crippen LogP contribution in [0.25, 0.3) is 0 Å². The van der Waals surface area contributed by atoms with Crippen molar-refractivity contribution in [2.24, 2.45) is 5.41 Å². The summed E-state index contributed by atoms with van der Waals surface area (Å²) in [5, 5.41) is 21.8. The van der Waals surface area contributed by atoms with Crippen molar-refractivity contribution in [3.8, 4) is 0 Å². The van der Waals surface area contributed by atoms with Crippen molar-refractivity contribution in [3.63, 3.8) is 0 Å².